The Kier molecular flexibility index (Phi) is 7.10. The zero-order valence-corrected chi connectivity index (χ0v) is 17.3. The van der Waals surface area contributed by atoms with Gasteiger partial charge in [-0.2, -0.15) is 0 Å². The molecule has 7 heteroatoms. The van der Waals surface area contributed by atoms with Gasteiger partial charge in [0.2, 0.25) is 0 Å². The second-order valence-electron chi connectivity index (χ2n) is 6.40. The molecule has 0 fully saturated rings. The van der Waals surface area contributed by atoms with Crippen LogP contribution in [-0.4, -0.2) is 24.3 Å². The smallest absolute Gasteiger partial charge is 0.261 e. The third kappa shape index (κ3) is 5.64. The van der Waals surface area contributed by atoms with Gasteiger partial charge in [-0.3, -0.25) is 4.79 Å². The van der Waals surface area contributed by atoms with Gasteiger partial charge in [0.1, 0.15) is 17.1 Å². The Morgan fingerprint density at radius 2 is 1.53 bits per heavy atom. The molecule has 0 unspecified atom stereocenters. The zero-order chi connectivity index (χ0) is 21.3. The van der Waals surface area contributed by atoms with Crippen LogP contribution >= 0.6 is 0 Å². The van der Waals surface area contributed by atoms with E-state index in [0.29, 0.717) is 35.9 Å². The number of nitrogens with zero attached hydrogens (tertiary/aromatic N) is 1. The van der Waals surface area contributed by atoms with Crippen LogP contribution in [0.15, 0.2) is 65.3 Å². The minimum atomic E-state index is -0.325. The second kappa shape index (κ2) is 10.2. The van der Waals surface area contributed by atoms with Gasteiger partial charge < -0.3 is 24.6 Å². The van der Waals surface area contributed by atoms with Crippen LogP contribution in [0.25, 0.3) is 5.57 Å². The summed E-state index contributed by atoms with van der Waals surface area (Å²) in [5.74, 6) is 1.57. The monoisotopic (exact) mass is 407 g/mol. The molecule has 1 heterocycles. The Hall–Kier alpha value is -3.74. The number of benzene rings is 2. The molecule has 2 aromatic carbocycles. The molecule has 0 radical (unpaired) electrons. The van der Waals surface area contributed by atoms with Crippen molar-refractivity contribution in [3.05, 3.63) is 72.3 Å². The molecule has 2 N–H and O–H groups in total. The van der Waals surface area contributed by atoms with Gasteiger partial charge in [0.05, 0.1) is 18.9 Å². The van der Waals surface area contributed by atoms with Crippen LogP contribution in [0.2, 0.25) is 0 Å². The number of carbonyl (C=O) groups is 1. The number of amides is 1. The number of ether oxygens (including phenoxy) is 2. The highest BCUT2D eigenvalue weighted by molar-refractivity contribution is 6.24. The number of carbonyl (C=O) groups excluding carboxylic acids is 1. The molecule has 1 amide bonds. The first-order chi connectivity index (χ1) is 14.6. The maximum atomic E-state index is 12.9. The lowest BCUT2D eigenvalue weighted by atomic mass is 10.2. The minimum Gasteiger partial charge on any atom is -0.494 e. The Morgan fingerprint density at radius 1 is 0.967 bits per heavy atom. The van der Waals surface area contributed by atoms with Gasteiger partial charge in [-0.1, -0.05) is 5.16 Å². The van der Waals surface area contributed by atoms with Crippen molar-refractivity contribution in [1.29, 1.82) is 0 Å². The van der Waals surface area contributed by atoms with E-state index in [-0.39, 0.29) is 5.91 Å². The summed E-state index contributed by atoms with van der Waals surface area (Å²) in [7, 11) is 0. The molecule has 3 rings (SSSR count). The van der Waals surface area contributed by atoms with Crippen molar-refractivity contribution in [2.45, 2.75) is 20.8 Å². The lowest BCUT2D eigenvalue weighted by Gasteiger charge is -2.09. The summed E-state index contributed by atoms with van der Waals surface area (Å²) < 4.78 is 16.2. The van der Waals surface area contributed by atoms with Gasteiger partial charge in [0.15, 0.2) is 5.76 Å². The molecule has 0 aliphatic heterocycles. The normalized spacial score (nSPS) is 11.1. The van der Waals surface area contributed by atoms with Crippen molar-refractivity contribution in [1.82, 2.24) is 5.16 Å². The predicted octanol–water partition coefficient (Wildman–Crippen LogP) is 4.87. The van der Waals surface area contributed by atoms with Crippen LogP contribution in [0.3, 0.4) is 0 Å². The fourth-order valence-corrected chi connectivity index (χ4v) is 2.71. The molecule has 7 nitrogen and oxygen atoms in total. The van der Waals surface area contributed by atoms with E-state index in [0.717, 1.165) is 17.2 Å². The van der Waals surface area contributed by atoms with Gasteiger partial charge in [-0.25, -0.2) is 0 Å². The van der Waals surface area contributed by atoms with Crippen molar-refractivity contribution in [2.75, 3.05) is 23.8 Å². The molecule has 0 bridgehead atoms. The Labute approximate surface area is 175 Å². The summed E-state index contributed by atoms with van der Waals surface area (Å²) in [6, 6.07) is 16.3. The van der Waals surface area contributed by atoms with Crippen LogP contribution < -0.4 is 20.1 Å². The summed E-state index contributed by atoms with van der Waals surface area (Å²) in [5, 5.41) is 9.89. The summed E-state index contributed by atoms with van der Waals surface area (Å²) in [6.07, 6.45) is 1.60. The van der Waals surface area contributed by atoms with Crippen molar-refractivity contribution in [2.24, 2.45) is 0 Å². The first-order valence-corrected chi connectivity index (χ1v) is 9.76. The SMILES string of the molecule is CCOc1ccc(NC=C(C(=O)Nc2ccc(OCC)cc2)c2cc(C)no2)cc1. The van der Waals surface area contributed by atoms with Crippen LogP contribution in [-0.2, 0) is 4.79 Å². The summed E-state index contributed by atoms with van der Waals surface area (Å²) >= 11 is 0. The first kappa shape index (κ1) is 21.0. The maximum Gasteiger partial charge on any atom is 0.261 e. The van der Waals surface area contributed by atoms with Gasteiger partial charge in [0, 0.05) is 23.6 Å². The first-order valence-electron chi connectivity index (χ1n) is 9.76. The topological polar surface area (TPSA) is 85.6 Å². The summed E-state index contributed by atoms with van der Waals surface area (Å²) in [6.45, 7) is 6.84. The summed E-state index contributed by atoms with van der Waals surface area (Å²) in [4.78, 5) is 12.9. The van der Waals surface area contributed by atoms with Crippen molar-refractivity contribution >= 4 is 22.9 Å². The van der Waals surface area contributed by atoms with E-state index >= 15 is 0 Å². The van der Waals surface area contributed by atoms with E-state index in [1.165, 1.54) is 0 Å². The number of rotatable bonds is 9. The van der Waals surface area contributed by atoms with Gasteiger partial charge in [-0.15, -0.1) is 0 Å². The van der Waals surface area contributed by atoms with Crippen molar-refractivity contribution in [3.8, 4) is 11.5 Å². The summed E-state index contributed by atoms with van der Waals surface area (Å²) in [5.41, 5.74) is 2.46. The standard InChI is InChI=1S/C23H25N3O4/c1-4-28-19-10-6-17(7-11-19)24-15-21(22-14-16(3)26-30-22)23(27)25-18-8-12-20(13-9-18)29-5-2/h6-15,24H,4-5H2,1-3H3,(H,25,27). The Balaban J connectivity index is 1.77. The van der Waals surface area contributed by atoms with E-state index in [4.69, 9.17) is 14.0 Å². The highest BCUT2D eigenvalue weighted by Gasteiger charge is 2.17. The van der Waals surface area contributed by atoms with E-state index in [2.05, 4.69) is 15.8 Å². The second-order valence-corrected chi connectivity index (χ2v) is 6.40. The largest absolute Gasteiger partial charge is 0.494 e. The maximum absolute atomic E-state index is 12.9. The molecule has 1 aromatic heterocycles. The zero-order valence-electron chi connectivity index (χ0n) is 17.3. The van der Waals surface area contributed by atoms with Gasteiger partial charge >= 0.3 is 0 Å². The van der Waals surface area contributed by atoms with E-state index in [1.54, 1.807) is 43.5 Å². The highest BCUT2D eigenvalue weighted by Crippen LogP contribution is 2.22. The number of hydrogen-bond acceptors (Lipinski definition) is 6. The molecule has 0 aliphatic rings. The average Bonchev–Trinajstić information content (AvgIpc) is 3.17. The van der Waals surface area contributed by atoms with Gasteiger partial charge in [-0.05, 0) is 69.3 Å². The van der Waals surface area contributed by atoms with Crippen molar-refractivity contribution in [3.63, 3.8) is 0 Å². The number of aromatic nitrogens is 1. The van der Waals surface area contributed by atoms with Gasteiger partial charge in [0.25, 0.3) is 5.91 Å². The quantitative estimate of drug-likeness (QED) is 0.492. The van der Waals surface area contributed by atoms with Crippen LogP contribution in [0, 0.1) is 6.92 Å². The van der Waals surface area contributed by atoms with Crippen LogP contribution in [0.4, 0.5) is 11.4 Å². The molecule has 30 heavy (non-hydrogen) atoms. The molecule has 3 aromatic rings. The Morgan fingerprint density at radius 3 is 2.03 bits per heavy atom. The molecule has 156 valence electrons. The number of anilines is 2. The fraction of sp³-hybridized carbons (Fsp3) is 0.217. The fourth-order valence-electron chi connectivity index (χ4n) is 2.71. The molecule has 0 saturated carbocycles. The van der Waals surface area contributed by atoms with Crippen LogP contribution in [0.1, 0.15) is 25.3 Å². The molecule has 0 spiro atoms. The van der Waals surface area contributed by atoms with Crippen molar-refractivity contribution < 1.29 is 18.8 Å². The minimum absolute atomic E-state index is 0.318. The number of nitrogens with one attached hydrogen (secondary N) is 2. The molecule has 0 atom stereocenters. The van der Waals surface area contributed by atoms with E-state index in [1.807, 2.05) is 38.1 Å². The molecular weight excluding hydrogens is 382 g/mol. The average molecular weight is 407 g/mol. The van der Waals surface area contributed by atoms with E-state index in [9.17, 15) is 4.79 Å². The lowest BCUT2D eigenvalue weighted by molar-refractivity contribution is -0.111. The number of hydrogen-bond donors (Lipinski definition) is 2. The third-order valence-electron chi connectivity index (χ3n) is 4.11. The predicted molar refractivity (Wildman–Crippen MR) is 117 cm³/mol. The third-order valence-corrected chi connectivity index (χ3v) is 4.11. The molecular formula is C23H25N3O4. The van der Waals surface area contributed by atoms with E-state index < -0.39 is 0 Å². The Bertz CT molecular complexity index is 992. The molecule has 0 saturated heterocycles. The number of aryl methyl sites for hydroxylation is 1. The molecule has 0 aliphatic carbocycles. The highest BCUT2D eigenvalue weighted by atomic mass is 16.5. The van der Waals surface area contributed by atoms with Crippen LogP contribution in [0.5, 0.6) is 11.5 Å². The lowest BCUT2D eigenvalue weighted by Crippen LogP contribution is -2.14.